The number of hydrogen-bond donors (Lipinski definition) is 1. The monoisotopic (exact) mass is 374 g/mol. The summed E-state index contributed by atoms with van der Waals surface area (Å²) in [6.07, 6.45) is 0.667. The summed E-state index contributed by atoms with van der Waals surface area (Å²) in [5.41, 5.74) is 5.18. The van der Waals surface area contributed by atoms with Gasteiger partial charge in [-0.1, -0.05) is 71.8 Å². The number of nitrogens with one attached hydrogen (secondary N) is 1. The second-order valence-corrected chi connectivity index (χ2v) is 6.89. The predicted molar refractivity (Wildman–Crippen MR) is 111 cm³/mol. The van der Waals surface area contributed by atoms with Crippen molar-refractivity contribution in [2.24, 2.45) is 0 Å². The Bertz CT molecular complexity index is 1020. The van der Waals surface area contributed by atoms with E-state index in [9.17, 15) is 0 Å². The molecule has 0 bridgehead atoms. The fourth-order valence-electron chi connectivity index (χ4n) is 2.90. The second kappa shape index (κ2) is 7.68. The molecule has 4 aromatic rings. The number of rotatable bonds is 5. The molecule has 0 saturated heterocycles. The second-order valence-electron chi connectivity index (χ2n) is 6.46. The summed E-state index contributed by atoms with van der Waals surface area (Å²) in [7, 11) is 0. The molecule has 0 spiro atoms. The highest BCUT2D eigenvalue weighted by Crippen LogP contribution is 2.30. The van der Waals surface area contributed by atoms with Gasteiger partial charge in [0, 0.05) is 22.7 Å². The average Bonchev–Trinajstić information content (AvgIpc) is 3.08. The van der Waals surface area contributed by atoms with Crippen molar-refractivity contribution >= 4 is 23.3 Å². The Morgan fingerprint density at radius 1 is 0.889 bits per heavy atom. The van der Waals surface area contributed by atoms with E-state index < -0.39 is 0 Å². The number of nitrogens with zero attached hydrogens (tertiary/aromatic N) is 1. The first-order chi connectivity index (χ1) is 13.2. The molecule has 0 aliphatic rings. The summed E-state index contributed by atoms with van der Waals surface area (Å²) < 4.78 is 6.08. The molecule has 1 aromatic heterocycles. The number of benzene rings is 3. The van der Waals surface area contributed by atoms with Gasteiger partial charge in [-0.2, -0.15) is 4.98 Å². The molecular formula is C23H19ClN2O. The van der Waals surface area contributed by atoms with Gasteiger partial charge >= 0.3 is 0 Å². The van der Waals surface area contributed by atoms with Crippen LogP contribution in [-0.4, -0.2) is 4.98 Å². The third-order valence-electron chi connectivity index (χ3n) is 4.32. The largest absolute Gasteiger partial charge is 0.423 e. The summed E-state index contributed by atoms with van der Waals surface area (Å²) >= 11 is 6.00. The molecule has 0 unspecified atom stereocenters. The van der Waals surface area contributed by atoms with Crippen LogP contribution in [0.4, 0.5) is 11.7 Å². The first kappa shape index (κ1) is 17.4. The lowest BCUT2D eigenvalue weighted by Crippen LogP contribution is -1.93. The Labute approximate surface area is 163 Å². The van der Waals surface area contributed by atoms with Crippen LogP contribution in [0.2, 0.25) is 5.02 Å². The summed E-state index contributed by atoms with van der Waals surface area (Å²) in [6, 6.07) is 26.5. The highest BCUT2D eigenvalue weighted by Gasteiger charge is 2.16. The van der Waals surface area contributed by atoms with E-state index in [4.69, 9.17) is 21.0 Å². The molecule has 0 radical (unpaired) electrons. The van der Waals surface area contributed by atoms with Crippen molar-refractivity contribution in [1.82, 2.24) is 4.98 Å². The molecule has 4 heteroatoms. The van der Waals surface area contributed by atoms with E-state index in [0.29, 0.717) is 12.4 Å². The van der Waals surface area contributed by atoms with Crippen LogP contribution in [0.15, 0.2) is 83.3 Å². The van der Waals surface area contributed by atoms with Crippen LogP contribution in [-0.2, 0) is 6.42 Å². The van der Waals surface area contributed by atoms with Gasteiger partial charge in [-0.25, -0.2) is 0 Å². The molecule has 3 aromatic carbocycles. The van der Waals surface area contributed by atoms with Crippen LogP contribution < -0.4 is 5.32 Å². The molecule has 134 valence electrons. The molecule has 0 aliphatic heterocycles. The fraction of sp³-hybridized carbons (Fsp3) is 0.0870. The van der Waals surface area contributed by atoms with Crippen molar-refractivity contribution in [3.05, 3.63) is 101 Å². The summed E-state index contributed by atoms with van der Waals surface area (Å²) in [6.45, 7) is 2.06. The van der Waals surface area contributed by atoms with Gasteiger partial charge in [0.2, 0.25) is 0 Å². The van der Waals surface area contributed by atoms with E-state index in [2.05, 4.69) is 24.4 Å². The van der Waals surface area contributed by atoms with E-state index >= 15 is 0 Å². The number of halogens is 1. The quantitative estimate of drug-likeness (QED) is 0.425. The van der Waals surface area contributed by atoms with E-state index in [-0.39, 0.29) is 0 Å². The topological polar surface area (TPSA) is 38.1 Å². The average molecular weight is 375 g/mol. The molecular weight excluding hydrogens is 356 g/mol. The van der Waals surface area contributed by atoms with Crippen molar-refractivity contribution in [1.29, 1.82) is 0 Å². The summed E-state index contributed by atoms with van der Waals surface area (Å²) in [4.78, 5) is 4.71. The zero-order valence-corrected chi connectivity index (χ0v) is 15.7. The van der Waals surface area contributed by atoms with E-state index in [1.807, 2.05) is 66.7 Å². The normalized spacial score (nSPS) is 10.7. The minimum Gasteiger partial charge on any atom is -0.423 e. The zero-order valence-electron chi connectivity index (χ0n) is 14.9. The molecule has 3 nitrogen and oxygen atoms in total. The number of aryl methyl sites for hydroxylation is 1. The van der Waals surface area contributed by atoms with E-state index in [1.165, 1.54) is 5.56 Å². The van der Waals surface area contributed by atoms with Gasteiger partial charge in [-0.3, -0.25) is 0 Å². The lowest BCUT2D eigenvalue weighted by molar-refractivity contribution is 0.591. The Kier molecular flexibility index (Phi) is 4.95. The van der Waals surface area contributed by atoms with Gasteiger partial charge in [0.05, 0.1) is 5.69 Å². The minimum absolute atomic E-state index is 0.488. The molecule has 0 fully saturated rings. The van der Waals surface area contributed by atoms with E-state index in [0.717, 1.165) is 33.3 Å². The van der Waals surface area contributed by atoms with Gasteiger partial charge < -0.3 is 9.73 Å². The van der Waals surface area contributed by atoms with Crippen molar-refractivity contribution in [2.75, 3.05) is 5.32 Å². The number of anilines is 2. The molecule has 1 heterocycles. The van der Waals surface area contributed by atoms with Gasteiger partial charge in [0.25, 0.3) is 6.01 Å². The number of oxazole rings is 1. The molecule has 0 saturated carbocycles. The minimum atomic E-state index is 0.488. The summed E-state index contributed by atoms with van der Waals surface area (Å²) in [5.74, 6) is 0.778. The molecule has 0 amide bonds. The lowest BCUT2D eigenvalue weighted by atomic mass is 10.1. The smallest absolute Gasteiger partial charge is 0.299 e. The molecule has 0 atom stereocenters. The first-order valence-electron chi connectivity index (χ1n) is 8.80. The Hall–Kier alpha value is -3.04. The van der Waals surface area contributed by atoms with Crippen molar-refractivity contribution in [3.63, 3.8) is 0 Å². The van der Waals surface area contributed by atoms with Gasteiger partial charge in [-0.05, 0) is 36.8 Å². The maximum absolute atomic E-state index is 6.08. The highest BCUT2D eigenvalue weighted by atomic mass is 35.5. The third kappa shape index (κ3) is 4.21. The Balaban J connectivity index is 1.68. The van der Waals surface area contributed by atoms with Crippen LogP contribution in [0.25, 0.3) is 11.3 Å². The Morgan fingerprint density at radius 2 is 1.59 bits per heavy atom. The Morgan fingerprint density at radius 3 is 2.30 bits per heavy atom. The number of hydrogen-bond acceptors (Lipinski definition) is 3. The highest BCUT2D eigenvalue weighted by molar-refractivity contribution is 6.30. The van der Waals surface area contributed by atoms with Crippen LogP contribution >= 0.6 is 11.6 Å². The van der Waals surface area contributed by atoms with Crippen LogP contribution in [0, 0.1) is 6.92 Å². The van der Waals surface area contributed by atoms with Crippen molar-refractivity contribution in [2.45, 2.75) is 13.3 Å². The van der Waals surface area contributed by atoms with Crippen LogP contribution in [0.5, 0.6) is 0 Å². The maximum atomic E-state index is 6.08. The summed E-state index contributed by atoms with van der Waals surface area (Å²) in [5, 5.41) is 3.98. The lowest BCUT2D eigenvalue weighted by Gasteiger charge is -2.02. The zero-order chi connectivity index (χ0) is 18.6. The molecule has 4 rings (SSSR count). The van der Waals surface area contributed by atoms with Gasteiger partial charge in [0.15, 0.2) is 5.76 Å². The third-order valence-corrected chi connectivity index (χ3v) is 4.57. The van der Waals surface area contributed by atoms with Gasteiger partial charge in [-0.15, -0.1) is 0 Å². The molecule has 1 N–H and O–H groups in total. The van der Waals surface area contributed by atoms with Crippen molar-refractivity contribution < 1.29 is 4.42 Å². The first-order valence-corrected chi connectivity index (χ1v) is 9.18. The molecule has 0 aliphatic carbocycles. The van der Waals surface area contributed by atoms with Gasteiger partial charge in [0.1, 0.15) is 0 Å². The van der Waals surface area contributed by atoms with Crippen LogP contribution in [0.3, 0.4) is 0 Å². The molecule has 27 heavy (non-hydrogen) atoms. The standard InChI is InChI=1S/C23H19ClN2O/c1-16-7-13-20(14-8-16)25-23-26-21(15-17-9-11-19(24)12-10-17)22(27-23)18-5-3-2-4-6-18/h2-14H,15H2,1H3,(H,25,26). The number of aromatic nitrogens is 1. The predicted octanol–water partition coefficient (Wildman–Crippen LogP) is 6.64. The van der Waals surface area contributed by atoms with Crippen molar-refractivity contribution in [3.8, 4) is 11.3 Å². The SMILES string of the molecule is Cc1ccc(Nc2nc(Cc3ccc(Cl)cc3)c(-c3ccccc3)o2)cc1. The maximum Gasteiger partial charge on any atom is 0.299 e. The fourth-order valence-corrected chi connectivity index (χ4v) is 3.02. The van der Waals surface area contributed by atoms with Crippen LogP contribution in [0.1, 0.15) is 16.8 Å². The van der Waals surface area contributed by atoms with E-state index in [1.54, 1.807) is 0 Å².